The lowest BCUT2D eigenvalue weighted by molar-refractivity contribution is -0.142. The third kappa shape index (κ3) is 2.48. The molecular weight excluding hydrogens is 243 g/mol. The molecule has 0 aromatic carbocycles. The number of alkyl halides is 3. The fourth-order valence-corrected chi connectivity index (χ4v) is 1.93. The van der Waals surface area contributed by atoms with Crippen molar-refractivity contribution in [2.75, 3.05) is 6.54 Å². The summed E-state index contributed by atoms with van der Waals surface area (Å²) in [6.45, 7) is 6.35. The van der Waals surface area contributed by atoms with Crippen LogP contribution in [0, 0.1) is 0 Å². The van der Waals surface area contributed by atoms with E-state index in [9.17, 15) is 13.2 Å². The van der Waals surface area contributed by atoms with Crippen molar-refractivity contribution in [3.05, 3.63) is 22.8 Å². The predicted octanol–water partition coefficient (Wildman–Crippen LogP) is 2.44. The van der Waals surface area contributed by atoms with Gasteiger partial charge < -0.3 is 5.32 Å². The Labute approximate surface area is 104 Å². The van der Waals surface area contributed by atoms with Crippen molar-refractivity contribution in [3.8, 4) is 0 Å². The van der Waals surface area contributed by atoms with Gasteiger partial charge in [-0.1, -0.05) is 20.8 Å². The van der Waals surface area contributed by atoms with Crippen molar-refractivity contribution in [1.82, 2.24) is 15.3 Å². The van der Waals surface area contributed by atoms with Crippen molar-refractivity contribution in [2.45, 2.75) is 45.3 Å². The maximum atomic E-state index is 13.0. The van der Waals surface area contributed by atoms with E-state index in [0.717, 1.165) is 0 Å². The first-order valence-electron chi connectivity index (χ1n) is 5.88. The van der Waals surface area contributed by atoms with Crippen molar-refractivity contribution < 1.29 is 13.2 Å². The summed E-state index contributed by atoms with van der Waals surface area (Å²) in [7, 11) is 0. The lowest BCUT2D eigenvalue weighted by Crippen LogP contribution is -2.31. The van der Waals surface area contributed by atoms with Crippen LogP contribution in [0.4, 0.5) is 13.2 Å². The van der Waals surface area contributed by atoms with E-state index < -0.39 is 17.3 Å². The van der Waals surface area contributed by atoms with E-state index in [1.165, 1.54) is 0 Å². The van der Waals surface area contributed by atoms with Crippen LogP contribution in [0.25, 0.3) is 0 Å². The van der Waals surface area contributed by atoms with Crippen molar-refractivity contribution in [1.29, 1.82) is 0 Å². The Hall–Kier alpha value is -1.17. The summed E-state index contributed by atoms with van der Waals surface area (Å²) in [5, 5.41) is 3.04. The zero-order valence-corrected chi connectivity index (χ0v) is 10.6. The first-order chi connectivity index (χ1) is 8.19. The second-order valence-electron chi connectivity index (χ2n) is 5.50. The van der Waals surface area contributed by atoms with Gasteiger partial charge in [0, 0.05) is 17.5 Å². The molecule has 1 aliphatic rings. The Morgan fingerprint density at radius 3 is 2.33 bits per heavy atom. The molecule has 0 spiro atoms. The minimum atomic E-state index is -4.41. The molecule has 6 heteroatoms. The molecule has 0 bridgehead atoms. The minimum absolute atomic E-state index is 0.245. The molecule has 0 unspecified atom stereocenters. The highest BCUT2D eigenvalue weighted by Gasteiger charge is 2.38. The summed E-state index contributed by atoms with van der Waals surface area (Å²) < 4.78 is 39.1. The molecule has 18 heavy (non-hydrogen) atoms. The van der Waals surface area contributed by atoms with E-state index in [4.69, 9.17) is 0 Å². The summed E-state index contributed by atoms with van der Waals surface area (Å²) in [4.78, 5) is 8.05. The van der Waals surface area contributed by atoms with Gasteiger partial charge in [0.2, 0.25) is 0 Å². The van der Waals surface area contributed by atoms with Crippen LogP contribution in [0.3, 0.4) is 0 Å². The van der Waals surface area contributed by atoms with Gasteiger partial charge in [0.1, 0.15) is 5.82 Å². The predicted molar refractivity (Wildman–Crippen MR) is 61.1 cm³/mol. The molecule has 100 valence electrons. The highest BCUT2D eigenvalue weighted by atomic mass is 19.4. The van der Waals surface area contributed by atoms with Gasteiger partial charge in [-0.15, -0.1) is 0 Å². The zero-order chi connectivity index (χ0) is 13.6. The monoisotopic (exact) mass is 259 g/mol. The third-order valence-electron chi connectivity index (χ3n) is 2.88. The fraction of sp³-hybridized carbons (Fsp3) is 0.667. The van der Waals surface area contributed by atoms with Crippen molar-refractivity contribution in [2.24, 2.45) is 0 Å². The second-order valence-corrected chi connectivity index (χ2v) is 5.50. The summed E-state index contributed by atoms with van der Waals surface area (Å²) in [6, 6.07) is 0. The molecule has 1 aromatic heterocycles. The first kappa shape index (κ1) is 13.3. The first-order valence-corrected chi connectivity index (χ1v) is 5.88. The van der Waals surface area contributed by atoms with E-state index >= 15 is 0 Å². The number of halogens is 3. The van der Waals surface area contributed by atoms with Gasteiger partial charge in [0.25, 0.3) is 0 Å². The number of hydrogen-bond acceptors (Lipinski definition) is 3. The number of aromatic nitrogens is 2. The standard InChI is InChI=1S/C12H16F3N3/c1-11(2,3)10-17-8-6-16-5-4-7(8)9(18-10)12(13,14)15/h16H,4-6H2,1-3H3. The lowest BCUT2D eigenvalue weighted by Gasteiger charge is -2.25. The maximum Gasteiger partial charge on any atom is 0.433 e. The van der Waals surface area contributed by atoms with Crippen LogP contribution in [0.5, 0.6) is 0 Å². The molecular formula is C12H16F3N3. The molecule has 3 nitrogen and oxygen atoms in total. The molecule has 0 saturated carbocycles. The highest BCUT2D eigenvalue weighted by molar-refractivity contribution is 5.31. The Bertz CT molecular complexity index is 461. The van der Waals surface area contributed by atoms with Crippen LogP contribution in [0.2, 0.25) is 0 Å². The normalized spacial score (nSPS) is 16.6. The Kier molecular flexibility index (Phi) is 3.09. The molecule has 0 atom stereocenters. The Morgan fingerprint density at radius 1 is 1.11 bits per heavy atom. The lowest BCUT2D eigenvalue weighted by atomic mass is 9.94. The summed E-state index contributed by atoms with van der Waals surface area (Å²) in [5.41, 5.74) is -0.534. The van der Waals surface area contributed by atoms with Gasteiger partial charge in [-0.05, 0) is 13.0 Å². The van der Waals surface area contributed by atoms with Crippen molar-refractivity contribution in [3.63, 3.8) is 0 Å². The van der Waals surface area contributed by atoms with Gasteiger partial charge >= 0.3 is 6.18 Å². The topological polar surface area (TPSA) is 37.8 Å². The smallest absolute Gasteiger partial charge is 0.311 e. The third-order valence-corrected chi connectivity index (χ3v) is 2.88. The molecule has 1 N–H and O–H groups in total. The fourth-order valence-electron chi connectivity index (χ4n) is 1.93. The van der Waals surface area contributed by atoms with Gasteiger partial charge in [0.15, 0.2) is 5.69 Å². The van der Waals surface area contributed by atoms with Crippen LogP contribution >= 0.6 is 0 Å². The summed E-state index contributed by atoms with van der Waals surface area (Å²) in [5.74, 6) is 0.247. The van der Waals surface area contributed by atoms with Crippen LogP contribution in [0.15, 0.2) is 0 Å². The molecule has 2 rings (SSSR count). The van der Waals surface area contributed by atoms with Crippen LogP contribution in [0.1, 0.15) is 43.5 Å². The number of fused-ring (bicyclic) bond motifs is 1. The average Bonchev–Trinajstić information content (AvgIpc) is 2.25. The van der Waals surface area contributed by atoms with E-state index in [1.54, 1.807) is 0 Å². The second kappa shape index (κ2) is 4.19. The average molecular weight is 259 g/mol. The number of nitrogens with zero attached hydrogens (tertiary/aromatic N) is 2. The SMILES string of the molecule is CC(C)(C)c1nc2c(c(C(F)(F)F)n1)CCNC2. The Morgan fingerprint density at radius 2 is 1.78 bits per heavy atom. The van der Waals surface area contributed by atoms with E-state index in [0.29, 0.717) is 25.2 Å². The van der Waals surface area contributed by atoms with Gasteiger partial charge in [-0.3, -0.25) is 0 Å². The molecule has 2 heterocycles. The molecule has 1 aromatic rings. The van der Waals surface area contributed by atoms with Crippen LogP contribution < -0.4 is 5.32 Å². The van der Waals surface area contributed by atoms with E-state index in [-0.39, 0.29) is 11.4 Å². The Balaban J connectivity index is 2.63. The van der Waals surface area contributed by atoms with Crippen molar-refractivity contribution >= 4 is 0 Å². The van der Waals surface area contributed by atoms with E-state index in [2.05, 4.69) is 15.3 Å². The number of rotatable bonds is 0. The largest absolute Gasteiger partial charge is 0.433 e. The maximum absolute atomic E-state index is 13.0. The summed E-state index contributed by atoms with van der Waals surface area (Å²) >= 11 is 0. The number of nitrogens with one attached hydrogen (secondary N) is 1. The van der Waals surface area contributed by atoms with Crippen LogP contribution in [-0.4, -0.2) is 16.5 Å². The summed E-state index contributed by atoms with van der Waals surface area (Å²) in [6.07, 6.45) is -4.08. The number of hydrogen-bond donors (Lipinski definition) is 1. The van der Waals surface area contributed by atoms with Crippen LogP contribution in [-0.2, 0) is 24.6 Å². The molecule has 0 saturated heterocycles. The molecule has 0 fully saturated rings. The van der Waals surface area contributed by atoms with Gasteiger partial charge in [0.05, 0.1) is 5.69 Å². The van der Waals surface area contributed by atoms with Gasteiger partial charge in [-0.25, -0.2) is 9.97 Å². The molecule has 0 radical (unpaired) electrons. The van der Waals surface area contributed by atoms with E-state index in [1.807, 2.05) is 20.8 Å². The quantitative estimate of drug-likeness (QED) is 0.777. The highest BCUT2D eigenvalue weighted by Crippen LogP contribution is 2.34. The van der Waals surface area contributed by atoms with Gasteiger partial charge in [-0.2, -0.15) is 13.2 Å². The molecule has 0 amide bonds. The zero-order valence-electron chi connectivity index (χ0n) is 10.6. The minimum Gasteiger partial charge on any atom is -0.311 e. The molecule has 1 aliphatic heterocycles. The molecule has 0 aliphatic carbocycles.